The molecule has 0 saturated heterocycles. The predicted octanol–water partition coefficient (Wildman–Crippen LogP) is 3.21. The van der Waals surface area contributed by atoms with Crippen LogP contribution in [0.25, 0.3) is 10.8 Å². The summed E-state index contributed by atoms with van der Waals surface area (Å²) in [5, 5.41) is 12.9. The van der Waals surface area contributed by atoms with Crippen LogP contribution in [0.5, 0.6) is 0 Å². The van der Waals surface area contributed by atoms with E-state index in [4.69, 9.17) is 4.42 Å². The number of nitrogens with zero attached hydrogens (tertiary/aromatic N) is 2. The van der Waals surface area contributed by atoms with Gasteiger partial charge < -0.3 is 9.73 Å². The quantitative estimate of drug-likeness (QED) is 0.598. The second-order valence-electron chi connectivity index (χ2n) is 5.56. The number of ketones is 1. The molecule has 1 amide bonds. The van der Waals surface area contributed by atoms with Crippen molar-refractivity contribution >= 4 is 34.8 Å². The highest BCUT2D eigenvalue weighted by Gasteiger charge is 2.18. The molecule has 1 atom stereocenters. The molecule has 1 N–H and O–H groups in total. The summed E-state index contributed by atoms with van der Waals surface area (Å²) < 4.78 is 5.53. The fraction of sp³-hybridized carbons (Fsp3) is 0.222. The Balaban J connectivity index is 1.53. The van der Waals surface area contributed by atoms with E-state index < -0.39 is 6.04 Å². The van der Waals surface area contributed by atoms with Crippen LogP contribution in [-0.4, -0.2) is 33.7 Å². The number of carbonyl (C=O) groups is 2. The summed E-state index contributed by atoms with van der Waals surface area (Å²) in [6, 6.07) is 12.8. The Hall–Kier alpha value is -2.45. The van der Waals surface area contributed by atoms with Gasteiger partial charge in [0, 0.05) is 0 Å². The minimum absolute atomic E-state index is 0.0787. The summed E-state index contributed by atoms with van der Waals surface area (Å²) in [5.41, 5.74) is 0.998. The van der Waals surface area contributed by atoms with Gasteiger partial charge in [-0.2, -0.15) is 0 Å². The molecule has 0 aliphatic rings. The summed E-state index contributed by atoms with van der Waals surface area (Å²) in [5.74, 6) is 0.213. The van der Waals surface area contributed by atoms with E-state index >= 15 is 0 Å². The van der Waals surface area contributed by atoms with Crippen molar-refractivity contribution in [2.45, 2.75) is 24.6 Å². The first-order valence-corrected chi connectivity index (χ1v) is 9.82. The van der Waals surface area contributed by atoms with E-state index in [1.807, 2.05) is 47.8 Å². The molecule has 2 heterocycles. The first-order chi connectivity index (χ1) is 12.6. The van der Waals surface area contributed by atoms with Crippen molar-refractivity contribution in [3.8, 4) is 10.8 Å². The molecule has 8 heteroatoms. The second kappa shape index (κ2) is 8.77. The highest BCUT2D eigenvalue weighted by Crippen LogP contribution is 2.26. The van der Waals surface area contributed by atoms with Crippen LogP contribution < -0.4 is 5.32 Å². The van der Waals surface area contributed by atoms with Crippen molar-refractivity contribution in [1.29, 1.82) is 0 Å². The molecule has 1 aromatic carbocycles. The summed E-state index contributed by atoms with van der Waals surface area (Å²) in [6.45, 7) is 1.48. The molecule has 0 aliphatic heterocycles. The number of benzene rings is 1. The molecule has 26 heavy (non-hydrogen) atoms. The molecule has 0 fully saturated rings. The monoisotopic (exact) mass is 387 g/mol. The zero-order valence-electron chi connectivity index (χ0n) is 14.0. The maximum absolute atomic E-state index is 12.2. The molecular formula is C18H17N3O3S2. The van der Waals surface area contributed by atoms with E-state index in [1.54, 1.807) is 0 Å². The lowest BCUT2D eigenvalue weighted by Crippen LogP contribution is -2.42. The molecule has 3 rings (SSSR count). The van der Waals surface area contributed by atoms with Crippen molar-refractivity contribution in [2.24, 2.45) is 0 Å². The fourth-order valence-electron chi connectivity index (χ4n) is 2.28. The smallest absolute Gasteiger partial charge is 0.277 e. The van der Waals surface area contributed by atoms with E-state index in [1.165, 1.54) is 18.3 Å². The van der Waals surface area contributed by atoms with E-state index in [2.05, 4.69) is 15.5 Å². The minimum atomic E-state index is -0.546. The zero-order chi connectivity index (χ0) is 18.4. The average molecular weight is 387 g/mol. The Bertz CT molecular complexity index is 863. The Kier molecular flexibility index (Phi) is 6.19. The highest BCUT2D eigenvalue weighted by atomic mass is 32.2. The molecule has 3 aromatic rings. The van der Waals surface area contributed by atoms with Gasteiger partial charge in [-0.25, -0.2) is 0 Å². The molecule has 6 nitrogen and oxygen atoms in total. The summed E-state index contributed by atoms with van der Waals surface area (Å²) in [6.07, 6.45) is 0.468. The molecule has 2 aromatic heterocycles. The lowest BCUT2D eigenvalue weighted by Gasteiger charge is -2.15. The molecule has 0 saturated carbocycles. The molecule has 134 valence electrons. The number of amides is 1. The van der Waals surface area contributed by atoms with Gasteiger partial charge in [-0.3, -0.25) is 9.59 Å². The standard InChI is InChI=1S/C18H17N3O3S2/c1-12(22)14(10-13-6-3-2-4-7-13)19-16(23)11-26-18-21-20-17(24-18)15-8-5-9-25-15/h2-9,14H,10-11H2,1H3,(H,19,23)/t14-/m1/s1. The third-order valence-corrected chi connectivity index (χ3v) is 5.25. The number of hydrogen-bond donors (Lipinski definition) is 1. The lowest BCUT2D eigenvalue weighted by molar-refractivity contribution is -0.125. The summed E-state index contributed by atoms with van der Waals surface area (Å²) in [4.78, 5) is 24.9. The third-order valence-electron chi connectivity index (χ3n) is 3.57. The van der Waals surface area contributed by atoms with Crippen LogP contribution in [0.15, 0.2) is 57.5 Å². The first-order valence-electron chi connectivity index (χ1n) is 7.96. The van der Waals surface area contributed by atoms with Gasteiger partial charge in [0.15, 0.2) is 5.78 Å². The Morgan fingerprint density at radius 3 is 2.69 bits per heavy atom. The summed E-state index contributed by atoms with van der Waals surface area (Å²) >= 11 is 2.65. The molecule has 0 aliphatic carbocycles. The number of hydrogen-bond acceptors (Lipinski definition) is 7. The van der Waals surface area contributed by atoms with Crippen LogP contribution in [0.1, 0.15) is 12.5 Å². The van der Waals surface area contributed by atoms with Crippen LogP contribution >= 0.6 is 23.1 Å². The van der Waals surface area contributed by atoms with Crippen LogP contribution in [0.2, 0.25) is 0 Å². The Labute approximate surface area is 159 Å². The first kappa shape index (κ1) is 18.3. The van der Waals surface area contributed by atoms with E-state index in [0.717, 1.165) is 22.2 Å². The van der Waals surface area contributed by atoms with Gasteiger partial charge in [0.2, 0.25) is 5.91 Å². The number of rotatable bonds is 8. The lowest BCUT2D eigenvalue weighted by atomic mass is 10.0. The number of nitrogens with one attached hydrogen (secondary N) is 1. The van der Waals surface area contributed by atoms with E-state index in [-0.39, 0.29) is 17.4 Å². The maximum Gasteiger partial charge on any atom is 0.277 e. The largest absolute Gasteiger partial charge is 0.410 e. The molecular weight excluding hydrogens is 370 g/mol. The fourth-order valence-corrected chi connectivity index (χ4v) is 3.50. The van der Waals surface area contributed by atoms with Crippen molar-refractivity contribution in [1.82, 2.24) is 15.5 Å². The van der Waals surface area contributed by atoms with Gasteiger partial charge >= 0.3 is 0 Å². The van der Waals surface area contributed by atoms with Gasteiger partial charge in [-0.15, -0.1) is 21.5 Å². The maximum atomic E-state index is 12.2. The molecule has 0 spiro atoms. The van der Waals surface area contributed by atoms with Crippen LogP contribution in [-0.2, 0) is 16.0 Å². The van der Waals surface area contributed by atoms with Gasteiger partial charge in [0.25, 0.3) is 11.1 Å². The number of thioether (sulfide) groups is 1. The van der Waals surface area contributed by atoms with Crippen LogP contribution in [0.3, 0.4) is 0 Å². The number of carbonyl (C=O) groups excluding carboxylic acids is 2. The van der Waals surface area contributed by atoms with E-state index in [9.17, 15) is 9.59 Å². The minimum Gasteiger partial charge on any atom is -0.410 e. The topological polar surface area (TPSA) is 85.1 Å². The predicted molar refractivity (Wildman–Crippen MR) is 101 cm³/mol. The van der Waals surface area contributed by atoms with Gasteiger partial charge in [0.05, 0.1) is 16.7 Å². The van der Waals surface area contributed by atoms with E-state index in [0.29, 0.717) is 17.5 Å². The number of thiophene rings is 1. The number of Topliss-reactive ketones (excluding diaryl/α,β-unsaturated/α-hetero) is 1. The van der Waals surface area contributed by atoms with Crippen molar-refractivity contribution in [3.63, 3.8) is 0 Å². The van der Waals surface area contributed by atoms with Gasteiger partial charge in [-0.1, -0.05) is 48.2 Å². The van der Waals surface area contributed by atoms with Crippen LogP contribution in [0, 0.1) is 0 Å². The normalized spacial score (nSPS) is 11.9. The average Bonchev–Trinajstić information content (AvgIpc) is 3.31. The van der Waals surface area contributed by atoms with Crippen molar-refractivity contribution in [3.05, 3.63) is 53.4 Å². The van der Waals surface area contributed by atoms with Crippen LogP contribution in [0.4, 0.5) is 0 Å². The highest BCUT2D eigenvalue weighted by molar-refractivity contribution is 7.99. The molecule has 0 unspecified atom stereocenters. The second-order valence-corrected chi connectivity index (χ2v) is 7.43. The SMILES string of the molecule is CC(=O)[C@@H](Cc1ccccc1)NC(=O)CSc1nnc(-c2cccs2)o1. The van der Waals surface area contributed by atoms with Crippen molar-refractivity contribution in [2.75, 3.05) is 5.75 Å². The summed E-state index contributed by atoms with van der Waals surface area (Å²) in [7, 11) is 0. The molecule has 0 bridgehead atoms. The van der Waals surface area contributed by atoms with Gasteiger partial charge in [0.1, 0.15) is 0 Å². The Morgan fingerprint density at radius 2 is 2.00 bits per heavy atom. The molecule has 0 radical (unpaired) electrons. The van der Waals surface area contributed by atoms with Gasteiger partial charge in [-0.05, 0) is 30.4 Å². The third kappa shape index (κ3) is 5.03. The number of aromatic nitrogens is 2. The van der Waals surface area contributed by atoms with Crippen molar-refractivity contribution < 1.29 is 14.0 Å². The zero-order valence-corrected chi connectivity index (χ0v) is 15.7. The Morgan fingerprint density at radius 1 is 1.19 bits per heavy atom.